The molecule has 0 aromatic heterocycles. The lowest BCUT2D eigenvalue weighted by atomic mass is 9.98. The minimum Gasteiger partial charge on any atom is -0.481 e. The van der Waals surface area contributed by atoms with E-state index >= 15 is 0 Å². The molecule has 14 heavy (non-hydrogen) atoms. The van der Waals surface area contributed by atoms with Gasteiger partial charge < -0.3 is 5.11 Å². The molecular formula is C10H9FO2S. The Bertz CT molecular complexity index is 378. The van der Waals surface area contributed by atoms with Crippen LogP contribution in [0.2, 0.25) is 0 Å². The summed E-state index contributed by atoms with van der Waals surface area (Å²) >= 11 is 1.53. The first-order chi connectivity index (χ1) is 6.66. The molecule has 0 fully saturated rings. The number of carboxylic acid groups (broad SMARTS) is 1. The van der Waals surface area contributed by atoms with Gasteiger partial charge >= 0.3 is 5.97 Å². The number of hydrogen-bond donors (Lipinski definition) is 1. The third-order valence-electron chi connectivity index (χ3n) is 2.28. The molecule has 1 aliphatic rings. The normalized spacial score (nSPS) is 19.4. The number of fused-ring (bicyclic) bond motifs is 1. The van der Waals surface area contributed by atoms with Gasteiger partial charge in [0, 0.05) is 16.6 Å². The van der Waals surface area contributed by atoms with Gasteiger partial charge in [-0.15, -0.1) is 11.8 Å². The Labute approximate surface area is 85.1 Å². The zero-order chi connectivity index (χ0) is 10.1. The highest BCUT2D eigenvalue weighted by molar-refractivity contribution is 7.99. The third kappa shape index (κ3) is 1.75. The molecule has 2 nitrogen and oxygen atoms in total. The van der Waals surface area contributed by atoms with E-state index in [9.17, 15) is 9.18 Å². The van der Waals surface area contributed by atoms with E-state index in [1.165, 1.54) is 23.9 Å². The van der Waals surface area contributed by atoms with Gasteiger partial charge in [0.2, 0.25) is 0 Å². The molecule has 4 heteroatoms. The Morgan fingerprint density at radius 2 is 2.43 bits per heavy atom. The van der Waals surface area contributed by atoms with Crippen molar-refractivity contribution >= 4 is 17.7 Å². The van der Waals surface area contributed by atoms with Crippen molar-refractivity contribution in [3.8, 4) is 0 Å². The molecule has 0 saturated carbocycles. The first-order valence-corrected chi connectivity index (χ1v) is 5.29. The van der Waals surface area contributed by atoms with E-state index in [0.717, 1.165) is 16.2 Å². The Morgan fingerprint density at radius 3 is 3.14 bits per heavy atom. The van der Waals surface area contributed by atoms with Crippen LogP contribution in [0.4, 0.5) is 4.39 Å². The predicted molar refractivity (Wildman–Crippen MR) is 52.1 cm³/mol. The van der Waals surface area contributed by atoms with E-state index in [1.54, 1.807) is 6.07 Å². The highest BCUT2D eigenvalue weighted by Crippen LogP contribution is 2.41. The molecule has 0 amide bonds. The van der Waals surface area contributed by atoms with Gasteiger partial charge in [0.05, 0.1) is 6.42 Å². The topological polar surface area (TPSA) is 37.3 Å². The molecule has 0 saturated heterocycles. The van der Waals surface area contributed by atoms with Crippen LogP contribution >= 0.6 is 11.8 Å². The van der Waals surface area contributed by atoms with Crippen molar-refractivity contribution in [2.24, 2.45) is 0 Å². The molecular weight excluding hydrogens is 203 g/mol. The van der Waals surface area contributed by atoms with Crippen LogP contribution in [-0.4, -0.2) is 16.8 Å². The summed E-state index contributed by atoms with van der Waals surface area (Å²) in [7, 11) is 0. The monoisotopic (exact) mass is 212 g/mol. The molecule has 74 valence electrons. The molecule has 1 N–H and O–H groups in total. The molecule has 0 radical (unpaired) electrons. The zero-order valence-corrected chi connectivity index (χ0v) is 8.18. The van der Waals surface area contributed by atoms with Crippen molar-refractivity contribution < 1.29 is 14.3 Å². The van der Waals surface area contributed by atoms with Gasteiger partial charge in [-0.1, -0.05) is 6.07 Å². The van der Waals surface area contributed by atoms with Gasteiger partial charge in [-0.25, -0.2) is 4.39 Å². The van der Waals surface area contributed by atoms with Crippen LogP contribution < -0.4 is 0 Å². The number of thioether (sulfide) groups is 1. The summed E-state index contributed by atoms with van der Waals surface area (Å²) in [5, 5.41) is 8.67. The van der Waals surface area contributed by atoms with E-state index in [-0.39, 0.29) is 18.2 Å². The Morgan fingerprint density at radius 1 is 1.64 bits per heavy atom. The second-order valence-corrected chi connectivity index (χ2v) is 4.35. The van der Waals surface area contributed by atoms with Crippen LogP contribution in [-0.2, 0) is 4.79 Å². The van der Waals surface area contributed by atoms with Gasteiger partial charge in [-0.05, 0) is 17.7 Å². The van der Waals surface area contributed by atoms with Crippen LogP contribution in [0.3, 0.4) is 0 Å². The fourth-order valence-electron chi connectivity index (χ4n) is 1.63. The number of hydrogen-bond acceptors (Lipinski definition) is 2. The summed E-state index contributed by atoms with van der Waals surface area (Å²) in [6.07, 6.45) is 0.131. The quantitative estimate of drug-likeness (QED) is 0.818. The lowest BCUT2D eigenvalue weighted by molar-refractivity contribution is -0.137. The van der Waals surface area contributed by atoms with Crippen molar-refractivity contribution in [2.45, 2.75) is 17.2 Å². The summed E-state index contributed by atoms with van der Waals surface area (Å²) in [5.41, 5.74) is 0.971. The largest absolute Gasteiger partial charge is 0.481 e. The number of carbonyl (C=O) groups is 1. The minimum absolute atomic E-state index is 0.0353. The second kappa shape index (κ2) is 3.61. The van der Waals surface area contributed by atoms with Crippen LogP contribution in [0.15, 0.2) is 23.1 Å². The summed E-state index contributed by atoms with van der Waals surface area (Å²) in [5.74, 6) is -0.279. The van der Waals surface area contributed by atoms with Crippen LogP contribution in [0.5, 0.6) is 0 Å². The highest BCUT2D eigenvalue weighted by Gasteiger charge is 2.25. The molecule has 2 rings (SSSR count). The zero-order valence-electron chi connectivity index (χ0n) is 7.37. The van der Waals surface area contributed by atoms with Crippen LogP contribution in [0, 0.1) is 5.82 Å². The van der Waals surface area contributed by atoms with Gasteiger partial charge in [0.1, 0.15) is 5.82 Å². The number of aliphatic carboxylic acids is 1. The Balaban J connectivity index is 2.26. The van der Waals surface area contributed by atoms with Gasteiger partial charge in [-0.3, -0.25) is 4.79 Å². The van der Waals surface area contributed by atoms with Crippen molar-refractivity contribution in [1.82, 2.24) is 0 Å². The average Bonchev–Trinajstić information content (AvgIpc) is 2.47. The maximum atomic E-state index is 12.8. The van der Waals surface area contributed by atoms with Crippen molar-refractivity contribution in [1.29, 1.82) is 0 Å². The van der Waals surface area contributed by atoms with E-state index in [0.29, 0.717) is 0 Å². The maximum absolute atomic E-state index is 12.8. The molecule has 0 aliphatic carbocycles. The first kappa shape index (κ1) is 9.52. The molecule has 1 aromatic carbocycles. The Hall–Kier alpha value is -1.03. The highest BCUT2D eigenvalue weighted by atomic mass is 32.2. The summed E-state index contributed by atoms with van der Waals surface area (Å²) in [4.78, 5) is 11.4. The number of halogens is 1. The Kier molecular flexibility index (Phi) is 2.46. The smallest absolute Gasteiger partial charge is 0.303 e. The molecule has 1 aliphatic heterocycles. The number of carboxylic acids is 1. The average molecular weight is 212 g/mol. The summed E-state index contributed by atoms with van der Waals surface area (Å²) < 4.78 is 12.8. The second-order valence-electron chi connectivity index (χ2n) is 3.29. The fraction of sp³-hybridized carbons (Fsp3) is 0.300. The molecule has 1 unspecified atom stereocenters. The minimum atomic E-state index is -0.798. The molecule has 1 heterocycles. The summed E-state index contributed by atoms with van der Waals surface area (Å²) in [6, 6.07) is 4.56. The first-order valence-electron chi connectivity index (χ1n) is 4.31. The molecule has 1 atom stereocenters. The van der Waals surface area contributed by atoms with Gasteiger partial charge in [0.25, 0.3) is 0 Å². The fourth-order valence-corrected chi connectivity index (χ4v) is 2.91. The van der Waals surface area contributed by atoms with E-state index in [1.807, 2.05) is 0 Å². The van der Waals surface area contributed by atoms with E-state index in [4.69, 9.17) is 5.11 Å². The van der Waals surface area contributed by atoms with Crippen molar-refractivity contribution in [3.05, 3.63) is 29.6 Å². The SMILES string of the molecule is O=C(O)CC1CSc2cc(F)ccc21. The number of rotatable bonds is 2. The van der Waals surface area contributed by atoms with Gasteiger partial charge in [0.15, 0.2) is 0 Å². The standard InChI is InChI=1S/C10H9FO2S/c11-7-1-2-8-6(3-10(12)13)5-14-9(8)4-7/h1-2,4,6H,3,5H2,(H,12,13). The lowest BCUT2D eigenvalue weighted by Crippen LogP contribution is -2.05. The molecule has 0 spiro atoms. The van der Waals surface area contributed by atoms with Crippen LogP contribution in [0.25, 0.3) is 0 Å². The van der Waals surface area contributed by atoms with Crippen molar-refractivity contribution in [3.63, 3.8) is 0 Å². The van der Waals surface area contributed by atoms with Crippen LogP contribution in [0.1, 0.15) is 17.9 Å². The third-order valence-corrected chi connectivity index (χ3v) is 3.51. The van der Waals surface area contributed by atoms with E-state index < -0.39 is 5.97 Å². The summed E-state index contributed by atoms with van der Waals surface area (Å²) in [6.45, 7) is 0. The lowest BCUT2D eigenvalue weighted by Gasteiger charge is -2.06. The predicted octanol–water partition coefficient (Wildman–Crippen LogP) is 2.49. The van der Waals surface area contributed by atoms with Gasteiger partial charge in [-0.2, -0.15) is 0 Å². The van der Waals surface area contributed by atoms with E-state index in [2.05, 4.69) is 0 Å². The molecule has 0 bridgehead atoms. The maximum Gasteiger partial charge on any atom is 0.303 e. The number of benzene rings is 1. The van der Waals surface area contributed by atoms with Crippen molar-refractivity contribution in [2.75, 3.05) is 5.75 Å². The molecule has 1 aromatic rings.